The molecule has 1 atom stereocenters. The molecule has 1 N–H and O–H groups in total. The van der Waals surface area contributed by atoms with Gasteiger partial charge in [-0.15, -0.1) is 0 Å². The molecule has 0 bridgehead atoms. The summed E-state index contributed by atoms with van der Waals surface area (Å²) in [6.45, 7) is 1.55. The Bertz CT molecular complexity index is 1440. The first-order valence-corrected chi connectivity index (χ1v) is 14.2. The highest BCUT2D eigenvalue weighted by Gasteiger charge is 2.37. The van der Waals surface area contributed by atoms with Gasteiger partial charge in [-0.25, -0.2) is 8.42 Å². The second-order valence-electron chi connectivity index (χ2n) is 7.85. The Morgan fingerprint density at radius 2 is 1.60 bits per heavy atom. The van der Waals surface area contributed by atoms with E-state index in [2.05, 4.69) is 9.82 Å². The molecular weight excluding hydrogens is 510 g/mol. The number of anilines is 1. The lowest BCUT2D eigenvalue weighted by Gasteiger charge is -2.23. The van der Waals surface area contributed by atoms with Crippen molar-refractivity contribution < 1.29 is 21.6 Å². The second-order valence-corrected chi connectivity index (χ2v) is 12.1. The molecule has 0 saturated heterocycles. The highest BCUT2D eigenvalue weighted by Crippen LogP contribution is 2.38. The lowest BCUT2D eigenvalue weighted by molar-refractivity contribution is 0.370. The van der Waals surface area contributed by atoms with Gasteiger partial charge in [0.25, 0.3) is 10.0 Å². The number of rotatable bonds is 8. The minimum Gasteiger partial charge on any atom is -0.497 e. The Morgan fingerprint density at radius 3 is 2.17 bits per heavy atom. The van der Waals surface area contributed by atoms with Crippen LogP contribution in [0.3, 0.4) is 0 Å². The van der Waals surface area contributed by atoms with Crippen molar-refractivity contribution in [3.05, 3.63) is 88.9 Å². The normalized spacial score (nSPS) is 16.1. The van der Waals surface area contributed by atoms with E-state index >= 15 is 0 Å². The molecule has 4 rings (SSSR count). The largest absolute Gasteiger partial charge is 0.497 e. The molecule has 3 aromatic carbocycles. The van der Waals surface area contributed by atoms with Crippen molar-refractivity contribution in [1.29, 1.82) is 0 Å². The number of methoxy groups -OCH3 is 1. The zero-order chi connectivity index (χ0) is 25.2. The van der Waals surface area contributed by atoms with Gasteiger partial charge in [-0.1, -0.05) is 35.9 Å². The van der Waals surface area contributed by atoms with E-state index in [1.165, 1.54) is 24.3 Å². The van der Waals surface area contributed by atoms with E-state index in [1.54, 1.807) is 50.4 Å². The predicted octanol–water partition coefficient (Wildman–Crippen LogP) is 4.65. The Labute approximate surface area is 210 Å². The van der Waals surface area contributed by atoms with E-state index in [0.717, 1.165) is 9.98 Å². The molecule has 0 aliphatic carbocycles. The van der Waals surface area contributed by atoms with Crippen LogP contribution in [0.1, 0.15) is 30.5 Å². The number of hydrazone groups is 1. The molecule has 0 spiro atoms. The average Bonchev–Trinajstić information content (AvgIpc) is 3.31. The standard InChI is InChI=1S/C24H24ClN3O5S2/c1-3-34(29,30)27-20-10-4-17(5-11-20)23-16-24(18-6-12-21(33-2)13-7-18)28(26-23)35(31,32)22-14-8-19(25)9-15-22/h4-15,24,27H,3,16H2,1-2H3/t24-/m1/s1. The minimum atomic E-state index is -3.98. The van der Waals surface area contributed by atoms with Crippen molar-refractivity contribution in [2.24, 2.45) is 5.10 Å². The maximum absolute atomic E-state index is 13.5. The van der Waals surface area contributed by atoms with E-state index in [4.69, 9.17) is 16.3 Å². The maximum atomic E-state index is 13.5. The zero-order valence-electron chi connectivity index (χ0n) is 19.0. The van der Waals surface area contributed by atoms with E-state index in [-0.39, 0.29) is 10.6 Å². The smallest absolute Gasteiger partial charge is 0.279 e. The summed E-state index contributed by atoms with van der Waals surface area (Å²) in [6.07, 6.45) is 0.333. The monoisotopic (exact) mass is 533 g/mol. The summed E-state index contributed by atoms with van der Waals surface area (Å²) >= 11 is 5.95. The summed E-state index contributed by atoms with van der Waals surface area (Å²) in [5.74, 6) is 0.618. The fourth-order valence-corrected chi connectivity index (χ4v) is 5.85. The van der Waals surface area contributed by atoms with Gasteiger partial charge in [-0.3, -0.25) is 4.72 Å². The number of nitrogens with one attached hydrogen (secondary N) is 1. The highest BCUT2D eigenvalue weighted by molar-refractivity contribution is 7.92. The van der Waals surface area contributed by atoms with Gasteiger partial charge in [-0.05, 0) is 66.6 Å². The number of benzene rings is 3. The molecular formula is C24H24ClN3O5S2. The molecule has 11 heteroatoms. The number of hydrogen-bond acceptors (Lipinski definition) is 6. The van der Waals surface area contributed by atoms with Crippen molar-refractivity contribution in [3.8, 4) is 5.75 Å². The van der Waals surface area contributed by atoms with Gasteiger partial charge in [0, 0.05) is 17.1 Å². The van der Waals surface area contributed by atoms with Crippen LogP contribution in [0.4, 0.5) is 5.69 Å². The molecule has 0 saturated carbocycles. The molecule has 1 aliphatic rings. The number of nitrogens with zero attached hydrogens (tertiary/aromatic N) is 2. The average molecular weight is 534 g/mol. The van der Waals surface area contributed by atoms with Crippen molar-refractivity contribution in [2.45, 2.75) is 24.3 Å². The van der Waals surface area contributed by atoms with E-state index in [9.17, 15) is 16.8 Å². The third-order valence-corrected chi connectivity index (χ3v) is 8.86. The number of sulfonamides is 2. The van der Waals surface area contributed by atoms with Crippen LogP contribution in [0.25, 0.3) is 0 Å². The number of ether oxygens (including phenoxy) is 1. The summed E-state index contributed by atoms with van der Waals surface area (Å²) in [5.41, 5.74) is 2.44. The second kappa shape index (κ2) is 9.88. The molecule has 35 heavy (non-hydrogen) atoms. The summed E-state index contributed by atoms with van der Waals surface area (Å²) in [7, 11) is -5.82. The van der Waals surface area contributed by atoms with Crippen molar-refractivity contribution in [2.75, 3.05) is 17.6 Å². The molecule has 1 aliphatic heterocycles. The predicted molar refractivity (Wildman–Crippen MR) is 137 cm³/mol. The van der Waals surface area contributed by atoms with Crippen LogP contribution in [0.5, 0.6) is 5.75 Å². The zero-order valence-corrected chi connectivity index (χ0v) is 21.4. The molecule has 0 radical (unpaired) electrons. The lowest BCUT2D eigenvalue weighted by Crippen LogP contribution is -2.27. The van der Waals surface area contributed by atoms with Gasteiger partial charge in [0.05, 0.1) is 29.5 Å². The van der Waals surface area contributed by atoms with Gasteiger partial charge in [-0.2, -0.15) is 17.9 Å². The van der Waals surface area contributed by atoms with Crippen LogP contribution in [-0.4, -0.2) is 39.8 Å². The molecule has 184 valence electrons. The van der Waals surface area contributed by atoms with E-state index < -0.39 is 26.1 Å². The van der Waals surface area contributed by atoms with Crippen LogP contribution in [0, 0.1) is 0 Å². The van der Waals surface area contributed by atoms with Crippen molar-refractivity contribution >= 4 is 43.0 Å². The fraction of sp³-hybridized carbons (Fsp3) is 0.208. The Hall–Kier alpha value is -3.08. The third-order valence-electron chi connectivity index (χ3n) is 5.60. The van der Waals surface area contributed by atoms with Gasteiger partial charge in [0.15, 0.2) is 0 Å². The number of hydrogen-bond donors (Lipinski definition) is 1. The molecule has 0 fully saturated rings. The highest BCUT2D eigenvalue weighted by atomic mass is 35.5. The lowest BCUT2D eigenvalue weighted by atomic mass is 9.99. The van der Waals surface area contributed by atoms with E-state index in [0.29, 0.717) is 34.2 Å². The maximum Gasteiger partial charge on any atom is 0.279 e. The van der Waals surface area contributed by atoms with Gasteiger partial charge < -0.3 is 4.74 Å². The third kappa shape index (κ3) is 5.44. The van der Waals surface area contributed by atoms with Crippen LogP contribution in [0.2, 0.25) is 5.02 Å². The summed E-state index contributed by atoms with van der Waals surface area (Å²) in [6, 6.07) is 19.2. The first kappa shape index (κ1) is 25.0. The van der Waals surface area contributed by atoms with Crippen LogP contribution in [-0.2, 0) is 20.0 Å². The molecule has 8 nitrogen and oxygen atoms in total. The molecule has 3 aromatic rings. The molecule has 0 amide bonds. The molecule has 0 unspecified atom stereocenters. The van der Waals surface area contributed by atoms with Crippen LogP contribution < -0.4 is 9.46 Å². The minimum absolute atomic E-state index is 0.0392. The van der Waals surface area contributed by atoms with Gasteiger partial charge in [0.1, 0.15) is 5.75 Å². The van der Waals surface area contributed by atoms with Crippen molar-refractivity contribution in [1.82, 2.24) is 4.41 Å². The van der Waals surface area contributed by atoms with Gasteiger partial charge in [0.2, 0.25) is 10.0 Å². The van der Waals surface area contributed by atoms with Gasteiger partial charge >= 0.3 is 0 Å². The Balaban J connectivity index is 1.71. The number of halogens is 1. The van der Waals surface area contributed by atoms with Crippen molar-refractivity contribution in [3.63, 3.8) is 0 Å². The quantitative estimate of drug-likeness (QED) is 0.453. The fourth-order valence-electron chi connectivity index (χ4n) is 3.66. The Morgan fingerprint density at radius 1 is 0.971 bits per heavy atom. The summed E-state index contributed by atoms with van der Waals surface area (Å²) in [5, 5.41) is 4.94. The Kier molecular flexibility index (Phi) is 7.07. The van der Waals surface area contributed by atoms with Crippen LogP contribution in [0.15, 0.2) is 82.8 Å². The summed E-state index contributed by atoms with van der Waals surface area (Å²) < 4.78 is 59.6. The first-order chi connectivity index (χ1) is 16.6. The topological polar surface area (TPSA) is 105 Å². The first-order valence-electron chi connectivity index (χ1n) is 10.8. The summed E-state index contributed by atoms with van der Waals surface area (Å²) in [4.78, 5) is 0.0785. The van der Waals surface area contributed by atoms with Crippen LogP contribution >= 0.6 is 11.6 Å². The molecule has 0 aromatic heterocycles. The van der Waals surface area contributed by atoms with E-state index in [1.807, 2.05) is 12.1 Å². The molecule has 1 heterocycles. The SMILES string of the molecule is CCS(=O)(=O)Nc1ccc(C2=NN(S(=O)(=O)c3ccc(Cl)cc3)[C@@H](c3ccc(OC)cc3)C2)cc1.